The summed E-state index contributed by atoms with van der Waals surface area (Å²) in [5.74, 6) is 1.29. The lowest BCUT2D eigenvalue weighted by atomic mass is 10.1. The minimum Gasteiger partial charge on any atom is -0.353 e. The normalized spacial score (nSPS) is 11.8. The third-order valence-corrected chi connectivity index (χ3v) is 2.83. The summed E-state index contributed by atoms with van der Waals surface area (Å²) < 4.78 is 1.95. The molecule has 0 unspecified atom stereocenters. The van der Waals surface area contributed by atoms with Crippen LogP contribution in [0.1, 0.15) is 39.4 Å². The fraction of sp³-hybridized carbons (Fsp3) is 0.750. The molecule has 0 saturated heterocycles. The molecule has 0 aromatic carbocycles. The molecule has 8 heteroatoms. The highest BCUT2D eigenvalue weighted by Crippen LogP contribution is 2.09. The van der Waals surface area contributed by atoms with Crippen LogP contribution < -0.4 is 11.1 Å². The van der Waals surface area contributed by atoms with Crippen LogP contribution in [0.4, 0.5) is 0 Å². The number of aromatic nitrogens is 3. The Labute approximate surface area is 132 Å². The second kappa shape index (κ2) is 9.96. The van der Waals surface area contributed by atoms with Crippen molar-refractivity contribution in [1.82, 2.24) is 20.1 Å². The number of rotatable bonds is 6. The molecule has 0 saturated carbocycles. The van der Waals surface area contributed by atoms with Gasteiger partial charge >= 0.3 is 0 Å². The molecular weight excluding hydrogens is 301 g/mol. The largest absolute Gasteiger partial charge is 0.353 e. The van der Waals surface area contributed by atoms with Crippen LogP contribution in [0.5, 0.6) is 0 Å². The Morgan fingerprint density at radius 2 is 1.95 bits per heavy atom. The Balaban J connectivity index is 0. The Bertz CT molecular complexity index is 395. The first-order valence-electron chi connectivity index (χ1n) is 6.34. The number of hydrogen-bond acceptors (Lipinski definition) is 4. The van der Waals surface area contributed by atoms with Crippen LogP contribution in [0.25, 0.3) is 0 Å². The molecule has 1 heterocycles. The fourth-order valence-electron chi connectivity index (χ4n) is 1.60. The first kappa shape index (κ1) is 21.4. The van der Waals surface area contributed by atoms with Crippen LogP contribution in [-0.4, -0.2) is 33.3 Å². The smallest absolute Gasteiger partial charge is 0.237 e. The molecule has 118 valence electrons. The van der Waals surface area contributed by atoms with Crippen LogP contribution in [0.15, 0.2) is 6.33 Å². The van der Waals surface area contributed by atoms with Crippen molar-refractivity contribution in [3.8, 4) is 0 Å². The van der Waals surface area contributed by atoms with E-state index in [-0.39, 0.29) is 36.6 Å². The lowest BCUT2D eigenvalue weighted by Crippen LogP contribution is -2.44. The Hall–Kier alpha value is -0.850. The zero-order chi connectivity index (χ0) is 13.7. The van der Waals surface area contributed by atoms with E-state index in [2.05, 4.69) is 29.4 Å². The van der Waals surface area contributed by atoms with Gasteiger partial charge in [-0.05, 0) is 5.92 Å². The summed E-state index contributed by atoms with van der Waals surface area (Å²) in [6, 6.07) is -0.449. The average molecular weight is 326 g/mol. The van der Waals surface area contributed by atoms with Gasteiger partial charge in [0.1, 0.15) is 12.2 Å². The highest BCUT2D eigenvalue weighted by molar-refractivity contribution is 5.85. The van der Waals surface area contributed by atoms with Crippen molar-refractivity contribution in [2.24, 2.45) is 11.7 Å². The van der Waals surface area contributed by atoms with E-state index < -0.39 is 6.04 Å². The van der Waals surface area contributed by atoms with Gasteiger partial charge in [-0.15, -0.1) is 35.0 Å². The van der Waals surface area contributed by atoms with Gasteiger partial charge in [0, 0.05) is 19.0 Å². The van der Waals surface area contributed by atoms with E-state index in [1.807, 2.05) is 18.4 Å². The predicted molar refractivity (Wildman–Crippen MR) is 84.4 cm³/mol. The van der Waals surface area contributed by atoms with E-state index in [4.69, 9.17) is 5.73 Å². The van der Waals surface area contributed by atoms with Crippen LogP contribution >= 0.6 is 24.8 Å². The van der Waals surface area contributed by atoms with Crippen molar-refractivity contribution in [1.29, 1.82) is 0 Å². The average Bonchev–Trinajstić information content (AvgIpc) is 2.76. The molecule has 0 aliphatic rings. The van der Waals surface area contributed by atoms with E-state index >= 15 is 0 Å². The van der Waals surface area contributed by atoms with Gasteiger partial charge in [-0.3, -0.25) is 4.79 Å². The van der Waals surface area contributed by atoms with E-state index in [1.165, 1.54) is 0 Å². The third-order valence-electron chi connectivity index (χ3n) is 2.83. The lowest BCUT2D eigenvalue weighted by Gasteiger charge is -2.16. The van der Waals surface area contributed by atoms with E-state index in [9.17, 15) is 4.79 Å². The number of nitrogens with two attached hydrogens (primary N) is 1. The maximum atomic E-state index is 11.7. The molecule has 0 spiro atoms. The molecule has 1 aromatic rings. The van der Waals surface area contributed by atoms with Crippen LogP contribution in [0, 0.1) is 5.92 Å². The van der Waals surface area contributed by atoms with E-state index in [0.29, 0.717) is 19.0 Å². The van der Waals surface area contributed by atoms with Gasteiger partial charge in [-0.2, -0.15) is 0 Å². The summed E-state index contributed by atoms with van der Waals surface area (Å²) in [5, 5.41) is 10.8. The SMILES string of the molecule is CC(C)c1nncn1CCNC(=O)[C@@H](N)C(C)C.Cl.Cl. The van der Waals surface area contributed by atoms with Crippen molar-refractivity contribution >= 4 is 30.7 Å². The molecule has 0 aliphatic carbocycles. The highest BCUT2D eigenvalue weighted by Gasteiger charge is 2.16. The fourth-order valence-corrected chi connectivity index (χ4v) is 1.60. The van der Waals surface area contributed by atoms with Crippen LogP contribution in [0.2, 0.25) is 0 Å². The van der Waals surface area contributed by atoms with Crippen molar-refractivity contribution in [2.45, 2.75) is 46.2 Å². The highest BCUT2D eigenvalue weighted by atomic mass is 35.5. The van der Waals surface area contributed by atoms with Gasteiger partial charge in [0.25, 0.3) is 0 Å². The molecule has 0 aliphatic heterocycles. The third kappa shape index (κ3) is 6.07. The van der Waals surface area contributed by atoms with Crippen molar-refractivity contribution < 1.29 is 4.79 Å². The molecule has 20 heavy (non-hydrogen) atoms. The number of carbonyl (C=O) groups is 1. The molecule has 1 aromatic heterocycles. The summed E-state index contributed by atoms with van der Waals surface area (Å²) in [4.78, 5) is 11.7. The van der Waals surface area contributed by atoms with Gasteiger partial charge < -0.3 is 15.6 Å². The van der Waals surface area contributed by atoms with Gasteiger partial charge in [0.2, 0.25) is 5.91 Å². The molecule has 6 nitrogen and oxygen atoms in total. The second-order valence-electron chi connectivity index (χ2n) is 5.10. The van der Waals surface area contributed by atoms with Gasteiger partial charge in [-0.1, -0.05) is 27.7 Å². The zero-order valence-electron chi connectivity index (χ0n) is 12.4. The quantitative estimate of drug-likeness (QED) is 0.826. The summed E-state index contributed by atoms with van der Waals surface area (Å²) in [6.45, 7) is 9.19. The molecule has 3 N–H and O–H groups in total. The van der Waals surface area contributed by atoms with Gasteiger partial charge in [0.05, 0.1) is 6.04 Å². The predicted octanol–water partition coefficient (Wildman–Crippen LogP) is 1.34. The Kier molecular flexibility index (Phi) is 10.7. The topological polar surface area (TPSA) is 85.8 Å². The first-order chi connectivity index (χ1) is 8.43. The number of carbonyl (C=O) groups excluding carboxylic acids is 1. The minimum absolute atomic E-state index is 0. The number of nitrogens with one attached hydrogen (secondary N) is 1. The standard InChI is InChI=1S/C12H23N5O.2ClH/c1-8(2)10(13)12(18)14-5-6-17-7-15-16-11(17)9(3)4;;/h7-10H,5-6,13H2,1-4H3,(H,14,18);2*1H/t10-;;/m0../s1. The Morgan fingerprint density at radius 1 is 1.35 bits per heavy atom. The zero-order valence-corrected chi connectivity index (χ0v) is 14.0. The number of amides is 1. The molecule has 0 radical (unpaired) electrons. The van der Waals surface area contributed by atoms with Gasteiger partial charge in [-0.25, -0.2) is 0 Å². The summed E-state index contributed by atoms with van der Waals surface area (Å²) in [7, 11) is 0. The first-order valence-corrected chi connectivity index (χ1v) is 6.34. The maximum Gasteiger partial charge on any atom is 0.237 e. The molecule has 1 rings (SSSR count). The summed E-state index contributed by atoms with van der Waals surface area (Å²) in [6.07, 6.45) is 1.68. The number of hydrogen-bond donors (Lipinski definition) is 2. The van der Waals surface area contributed by atoms with E-state index in [0.717, 1.165) is 5.82 Å². The monoisotopic (exact) mass is 325 g/mol. The minimum atomic E-state index is -0.449. The van der Waals surface area contributed by atoms with Crippen molar-refractivity contribution in [3.63, 3.8) is 0 Å². The molecule has 0 bridgehead atoms. The van der Waals surface area contributed by atoms with Crippen molar-refractivity contribution in [2.75, 3.05) is 6.54 Å². The van der Waals surface area contributed by atoms with Crippen molar-refractivity contribution in [3.05, 3.63) is 12.2 Å². The molecule has 1 amide bonds. The summed E-state index contributed by atoms with van der Waals surface area (Å²) >= 11 is 0. The van der Waals surface area contributed by atoms with Crippen LogP contribution in [0.3, 0.4) is 0 Å². The van der Waals surface area contributed by atoms with E-state index in [1.54, 1.807) is 6.33 Å². The number of nitrogens with zero attached hydrogens (tertiary/aromatic N) is 3. The van der Waals surface area contributed by atoms with Gasteiger partial charge in [0.15, 0.2) is 0 Å². The second-order valence-corrected chi connectivity index (χ2v) is 5.10. The Morgan fingerprint density at radius 3 is 2.45 bits per heavy atom. The molecular formula is C12H25Cl2N5O. The summed E-state index contributed by atoms with van der Waals surface area (Å²) in [5.41, 5.74) is 5.75. The maximum absolute atomic E-state index is 11.7. The molecule has 1 atom stereocenters. The van der Waals surface area contributed by atoms with Crippen LogP contribution in [-0.2, 0) is 11.3 Å². The lowest BCUT2D eigenvalue weighted by molar-refractivity contribution is -0.123. The molecule has 0 fully saturated rings. The number of halogens is 2.